The average Bonchev–Trinajstić information content (AvgIpc) is 3.10. The molecule has 0 bridgehead atoms. The summed E-state index contributed by atoms with van der Waals surface area (Å²) in [6.45, 7) is 1.97. The molecule has 0 spiro atoms. The molecular formula is C21H24ClN5O. The molecule has 6 nitrogen and oxygen atoms in total. The molecule has 1 saturated heterocycles. The Kier molecular flexibility index (Phi) is 6.44. The Labute approximate surface area is 170 Å². The maximum Gasteiger partial charge on any atom is 0.258 e. The number of amides is 1. The van der Waals surface area contributed by atoms with Crippen molar-refractivity contribution < 1.29 is 4.79 Å². The lowest BCUT2D eigenvalue weighted by Gasteiger charge is -2.19. The highest BCUT2D eigenvalue weighted by molar-refractivity contribution is 6.03. The van der Waals surface area contributed by atoms with Gasteiger partial charge in [0.05, 0.1) is 0 Å². The zero-order valence-electron chi connectivity index (χ0n) is 15.8. The molecule has 1 aliphatic heterocycles. The van der Waals surface area contributed by atoms with Crippen LogP contribution in [0.5, 0.6) is 0 Å². The quantitative estimate of drug-likeness (QED) is 0.705. The van der Waals surface area contributed by atoms with Crippen molar-refractivity contribution >= 4 is 24.3 Å². The molecule has 0 aliphatic carbocycles. The summed E-state index contributed by atoms with van der Waals surface area (Å²) in [5.41, 5.74) is 2.81. The van der Waals surface area contributed by atoms with Crippen LogP contribution < -0.4 is 10.6 Å². The van der Waals surface area contributed by atoms with E-state index in [0.29, 0.717) is 17.4 Å². The van der Waals surface area contributed by atoms with Crippen molar-refractivity contribution in [2.75, 3.05) is 18.4 Å². The molecule has 4 rings (SSSR count). The number of nitrogens with zero attached hydrogens (tertiary/aromatic N) is 3. The Morgan fingerprint density at radius 1 is 1.04 bits per heavy atom. The Morgan fingerprint density at radius 3 is 2.36 bits per heavy atom. The molecule has 146 valence electrons. The minimum atomic E-state index is -0.179. The van der Waals surface area contributed by atoms with Gasteiger partial charge >= 0.3 is 0 Å². The molecule has 0 unspecified atom stereocenters. The number of piperidine rings is 1. The number of hydrogen-bond acceptors (Lipinski definition) is 4. The molecule has 1 aromatic heterocycles. The Morgan fingerprint density at radius 2 is 1.68 bits per heavy atom. The first kappa shape index (κ1) is 20.0. The van der Waals surface area contributed by atoms with Gasteiger partial charge in [0.15, 0.2) is 5.82 Å². The monoisotopic (exact) mass is 397 g/mol. The third kappa shape index (κ3) is 4.40. The molecule has 7 heteroatoms. The van der Waals surface area contributed by atoms with E-state index >= 15 is 0 Å². The number of halogens is 1. The van der Waals surface area contributed by atoms with Crippen molar-refractivity contribution in [1.29, 1.82) is 0 Å². The zero-order valence-corrected chi connectivity index (χ0v) is 16.6. The lowest BCUT2D eigenvalue weighted by Crippen LogP contribution is -2.27. The molecule has 28 heavy (non-hydrogen) atoms. The van der Waals surface area contributed by atoms with E-state index < -0.39 is 0 Å². The molecular weight excluding hydrogens is 374 g/mol. The number of anilines is 1. The highest BCUT2D eigenvalue weighted by Crippen LogP contribution is 2.24. The van der Waals surface area contributed by atoms with E-state index in [-0.39, 0.29) is 18.3 Å². The fraction of sp³-hybridized carbons (Fsp3) is 0.286. The fourth-order valence-electron chi connectivity index (χ4n) is 3.38. The van der Waals surface area contributed by atoms with Crippen molar-refractivity contribution in [3.63, 3.8) is 0 Å². The van der Waals surface area contributed by atoms with Gasteiger partial charge in [-0.3, -0.25) is 10.1 Å². The van der Waals surface area contributed by atoms with Gasteiger partial charge in [-0.25, -0.2) is 4.68 Å². The second-order valence-electron chi connectivity index (χ2n) is 6.84. The van der Waals surface area contributed by atoms with Crippen LogP contribution in [-0.4, -0.2) is 33.8 Å². The van der Waals surface area contributed by atoms with Crippen LogP contribution in [0.4, 0.5) is 5.95 Å². The third-order valence-corrected chi connectivity index (χ3v) is 4.96. The molecule has 1 fully saturated rings. The van der Waals surface area contributed by atoms with Crippen molar-refractivity contribution in [1.82, 2.24) is 20.1 Å². The van der Waals surface area contributed by atoms with Gasteiger partial charge in [0.2, 0.25) is 5.95 Å². The first-order chi connectivity index (χ1) is 13.2. The van der Waals surface area contributed by atoms with Gasteiger partial charge in [-0.15, -0.1) is 12.4 Å². The topological polar surface area (TPSA) is 71.8 Å². The number of carbonyl (C=O) groups excluding carboxylic acids is 1. The molecule has 2 N–H and O–H groups in total. The SMILES string of the molecule is Cl.Cn1nc(C2CCNCC2)nc1NC(=O)c1ccc(-c2ccccc2)cc1. The summed E-state index contributed by atoms with van der Waals surface area (Å²) in [5, 5.41) is 10.7. The minimum Gasteiger partial charge on any atom is -0.317 e. The standard InChI is InChI=1S/C21H23N5O.ClH/c1-26-21(23-19(25-26)17-11-13-22-14-12-17)24-20(27)18-9-7-16(8-10-18)15-5-3-2-4-6-15;/h2-10,17,22H,11-14H2,1H3,(H,23,24,25,27);1H. The van der Waals surface area contributed by atoms with Gasteiger partial charge in [0, 0.05) is 18.5 Å². The van der Waals surface area contributed by atoms with Gasteiger partial charge in [-0.1, -0.05) is 42.5 Å². The Balaban J connectivity index is 0.00000225. The molecule has 3 aromatic rings. The predicted molar refractivity (Wildman–Crippen MR) is 113 cm³/mol. The predicted octanol–water partition coefficient (Wildman–Crippen LogP) is 3.62. The zero-order chi connectivity index (χ0) is 18.6. The first-order valence-electron chi connectivity index (χ1n) is 9.29. The lowest BCUT2D eigenvalue weighted by atomic mass is 9.98. The van der Waals surface area contributed by atoms with Crippen LogP contribution in [0, 0.1) is 0 Å². The van der Waals surface area contributed by atoms with Gasteiger partial charge in [-0.05, 0) is 49.2 Å². The first-order valence-corrected chi connectivity index (χ1v) is 9.29. The van der Waals surface area contributed by atoms with Crippen LogP contribution in [0.3, 0.4) is 0 Å². The number of aromatic nitrogens is 3. The third-order valence-electron chi connectivity index (χ3n) is 4.96. The average molecular weight is 398 g/mol. The summed E-state index contributed by atoms with van der Waals surface area (Å²) < 4.78 is 1.65. The molecule has 2 aromatic carbocycles. The van der Waals surface area contributed by atoms with Crippen LogP contribution in [-0.2, 0) is 7.05 Å². The molecule has 1 amide bonds. The van der Waals surface area contributed by atoms with Gasteiger partial charge in [-0.2, -0.15) is 10.1 Å². The molecule has 0 saturated carbocycles. The summed E-state index contributed by atoms with van der Waals surface area (Å²) >= 11 is 0. The fourth-order valence-corrected chi connectivity index (χ4v) is 3.38. The molecule has 0 atom stereocenters. The Bertz CT molecular complexity index is 918. The van der Waals surface area contributed by atoms with Crippen molar-refractivity contribution in [3.8, 4) is 11.1 Å². The molecule has 0 radical (unpaired) electrons. The van der Waals surface area contributed by atoms with E-state index in [0.717, 1.165) is 42.9 Å². The van der Waals surface area contributed by atoms with Gasteiger partial charge < -0.3 is 5.32 Å². The summed E-state index contributed by atoms with van der Waals surface area (Å²) in [4.78, 5) is 17.2. The molecule has 2 heterocycles. The van der Waals surface area contributed by atoms with Crippen molar-refractivity contribution in [3.05, 3.63) is 66.0 Å². The highest BCUT2D eigenvalue weighted by Gasteiger charge is 2.21. The van der Waals surface area contributed by atoms with E-state index in [9.17, 15) is 4.79 Å². The van der Waals surface area contributed by atoms with Crippen molar-refractivity contribution in [2.24, 2.45) is 7.05 Å². The second kappa shape index (κ2) is 8.99. The van der Waals surface area contributed by atoms with Crippen LogP contribution >= 0.6 is 12.4 Å². The largest absolute Gasteiger partial charge is 0.317 e. The van der Waals surface area contributed by atoms with E-state index in [2.05, 4.69) is 32.8 Å². The minimum absolute atomic E-state index is 0. The van der Waals surface area contributed by atoms with Gasteiger partial charge in [0.1, 0.15) is 0 Å². The second-order valence-corrected chi connectivity index (χ2v) is 6.84. The summed E-state index contributed by atoms with van der Waals surface area (Å²) in [6.07, 6.45) is 2.05. The van der Waals surface area contributed by atoms with E-state index in [1.807, 2.05) is 49.5 Å². The van der Waals surface area contributed by atoms with E-state index in [4.69, 9.17) is 0 Å². The number of benzene rings is 2. The number of rotatable bonds is 4. The lowest BCUT2D eigenvalue weighted by molar-refractivity contribution is 0.102. The highest BCUT2D eigenvalue weighted by atomic mass is 35.5. The van der Waals surface area contributed by atoms with Gasteiger partial charge in [0.25, 0.3) is 5.91 Å². The number of carbonyl (C=O) groups is 1. The number of nitrogens with one attached hydrogen (secondary N) is 2. The smallest absolute Gasteiger partial charge is 0.258 e. The maximum absolute atomic E-state index is 12.6. The van der Waals surface area contributed by atoms with Crippen LogP contribution in [0.15, 0.2) is 54.6 Å². The summed E-state index contributed by atoms with van der Waals surface area (Å²) in [7, 11) is 1.81. The summed E-state index contributed by atoms with van der Waals surface area (Å²) in [6, 6.07) is 17.7. The van der Waals surface area contributed by atoms with E-state index in [1.54, 1.807) is 4.68 Å². The van der Waals surface area contributed by atoms with E-state index in [1.165, 1.54) is 0 Å². The maximum atomic E-state index is 12.6. The molecule has 1 aliphatic rings. The van der Waals surface area contributed by atoms with Crippen molar-refractivity contribution in [2.45, 2.75) is 18.8 Å². The number of aryl methyl sites for hydroxylation is 1. The van der Waals surface area contributed by atoms with Crippen LogP contribution in [0.25, 0.3) is 11.1 Å². The number of hydrogen-bond donors (Lipinski definition) is 2. The summed E-state index contributed by atoms with van der Waals surface area (Å²) in [5.74, 6) is 1.48. The normalized spacial score (nSPS) is 14.3. The Hall–Kier alpha value is -2.70. The van der Waals surface area contributed by atoms with Crippen LogP contribution in [0.1, 0.15) is 34.9 Å². The van der Waals surface area contributed by atoms with Crippen LogP contribution in [0.2, 0.25) is 0 Å².